The zero-order valence-electron chi connectivity index (χ0n) is 14.2. The Morgan fingerprint density at radius 3 is 2.58 bits per heavy atom. The van der Waals surface area contributed by atoms with E-state index in [2.05, 4.69) is 11.9 Å². The smallest absolute Gasteiger partial charge is 0.238 e. The Morgan fingerprint density at radius 1 is 1.23 bits per heavy atom. The molecule has 0 saturated heterocycles. The number of primary sulfonamides is 1. The summed E-state index contributed by atoms with van der Waals surface area (Å²) in [5.74, 6) is 1.34. The van der Waals surface area contributed by atoms with Crippen molar-refractivity contribution in [2.75, 3.05) is 6.61 Å². The summed E-state index contributed by atoms with van der Waals surface area (Å²) in [5.41, 5.74) is 2.29. The van der Waals surface area contributed by atoms with Crippen LogP contribution in [0.15, 0.2) is 47.4 Å². The Labute approximate surface area is 151 Å². The molecule has 1 aromatic heterocycles. The first-order valence-corrected chi connectivity index (χ1v) is 9.62. The number of nitrogens with two attached hydrogens (primary N) is 1. The lowest BCUT2D eigenvalue weighted by Gasteiger charge is -2.09. The first-order chi connectivity index (χ1) is 12.4. The highest BCUT2D eigenvalue weighted by Gasteiger charge is 2.15. The second-order valence-electron chi connectivity index (χ2n) is 5.75. The SMILES string of the molecule is CCCn1c(-c2ccc(OCC#N)cc2)nc2cc(S(N)(=O)=O)ccc21. The molecule has 2 aromatic carbocycles. The van der Waals surface area contributed by atoms with E-state index < -0.39 is 10.0 Å². The van der Waals surface area contributed by atoms with Gasteiger partial charge in [0.2, 0.25) is 10.0 Å². The zero-order chi connectivity index (χ0) is 18.7. The van der Waals surface area contributed by atoms with Gasteiger partial charge in [-0.25, -0.2) is 18.5 Å². The molecule has 2 N–H and O–H groups in total. The van der Waals surface area contributed by atoms with Crippen LogP contribution in [-0.4, -0.2) is 24.6 Å². The van der Waals surface area contributed by atoms with Crippen LogP contribution >= 0.6 is 0 Å². The zero-order valence-corrected chi connectivity index (χ0v) is 15.0. The number of nitrogens with zero attached hydrogens (tertiary/aromatic N) is 3. The maximum absolute atomic E-state index is 11.6. The van der Waals surface area contributed by atoms with Crippen molar-refractivity contribution in [3.8, 4) is 23.2 Å². The molecule has 26 heavy (non-hydrogen) atoms. The number of benzene rings is 2. The molecule has 0 bridgehead atoms. The van der Waals surface area contributed by atoms with Crippen LogP contribution in [0.25, 0.3) is 22.4 Å². The van der Waals surface area contributed by atoms with E-state index in [1.807, 2.05) is 22.8 Å². The normalized spacial score (nSPS) is 11.4. The van der Waals surface area contributed by atoms with Gasteiger partial charge in [-0.05, 0) is 48.9 Å². The summed E-state index contributed by atoms with van der Waals surface area (Å²) in [4.78, 5) is 4.66. The van der Waals surface area contributed by atoms with E-state index in [1.165, 1.54) is 12.1 Å². The number of aryl methyl sites for hydroxylation is 1. The third kappa shape index (κ3) is 3.54. The molecule has 0 amide bonds. The maximum atomic E-state index is 11.6. The molecular formula is C18H18N4O3S. The van der Waals surface area contributed by atoms with Gasteiger partial charge in [0.15, 0.2) is 6.61 Å². The number of nitriles is 1. The van der Waals surface area contributed by atoms with Gasteiger partial charge in [0.05, 0.1) is 15.9 Å². The number of hydrogen-bond donors (Lipinski definition) is 1. The number of hydrogen-bond acceptors (Lipinski definition) is 5. The number of aromatic nitrogens is 2. The minimum Gasteiger partial charge on any atom is -0.479 e. The molecule has 0 aliphatic rings. The molecule has 0 spiro atoms. The van der Waals surface area contributed by atoms with Crippen LogP contribution in [-0.2, 0) is 16.6 Å². The molecule has 0 radical (unpaired) electrons. The number of sulfonamides is 1. The molecule has 0 aliphatic heterocycles. The second-order valence-corrected chi connectivity index (χ2v) is 7.32. The van der Waals surface area contributed by atoms with Crippen LogP contribution in [0, 0.1) is 11.3 Å². The van der Waals surface area contributed by atoms with Crippen LogP contribution in [0.1, 0.15) is 13.3 Å². The molecule has 3 aromatic rings. The molecule has 3 rings (SSSR count). The summed E-state index contributed by atoms with van der Waals surface area (Å²) in [6.45, 7) is 2.80. The summed E-state index contributed by atoms with van der Waals surface area (Å²) in [6, 6.07) is 13.9. The van der Waals surface area contributed by atoms with Gasteiger partial charge in [-0.3, -0.25) is 0 Å². The average molecular weight is 370 g/mol. The Morgan fingerprint density at radius 2 is 1.96 bits per heavy atom. The fourth-order valence-corrected chi connectivity index (χ4v) is 3.31. The fourth-order valence-electron chi connectivity index (χ4n) is 2.77. The highest BCUT2D eigenvalue weighted by atomic mass is 32.2. The van der Waals surface area contributed by atoms with E-state index in [9.17, 15) is 8.42 Å². The van der Waals surface area contributed by atoms with E-state index in [4.69, 9.17) is 15.1 Å². The molecule has 1 heterocycles. The van der Waals surface area contributed by atoms with Crippen molar-refractivity contribution in [1.29, 1.82) is 5.26 Å². The van der Waals surface area contributed by atoms with Crippen molar-refractivity contribution in [2.24, 2.45) is 5.14 Å². The molecule has 0 saturated carbocycles. The van der Waals surface area contributed by atoms with Crippen molar-refractivity contribution < 1.29 is 13.2 Å². The van der Waals surface area contributed by atoms with Crippen molar-refractivity contribution >= 4 is 21.1 Å². The third-order valence-electron chi connectivity index (χ3n) is 3.91. The first-order valence-electron chi connectivity index (χ1n) is 8.07. The lowest BCUT2D eigenvalue weighted by atomic mass is 10.2. The highest BCUT2D eigenvalue weighted by molar-refractivity contribution is 7.89. The Balaban J connectivity index is 2.09. The first kappa shape index (κ1) is 17.9. The minimum absolute atomic E-state index is 0.00989. The van der Waals surface area contributed by atoms with Gasteiger partial charge in [-0.1, -0.05) is 6.92 Å². The minimum atomic E-state index is -3.78. The van der Waals surface area contributed by atoms with Crippen molar-refractivity contribution in [1.82, 2.24) is 9.55 Å². The summed E-state index contributed by atoms with van der Waals surface area (Å²) in [7, 11) is -3.78. The van der Waals surface area contributed by atoms with Crippen molar-refractivity contribution in [3.63, 3.8) is 0 Å². The van der Waals surface area contributed by atoms with Gasteiger partial charge < -0.3 is 9.30 Å². The molecule has 0 unspecified atom stereocenters. The van der Waals surface area contributed by atoms with E-state index >= 15 is 0 Å². The number of fused-ring (bicyclic) bond motifs is 1. The summed E-state index contributed by atoms with van der Waals surface area (Å²) in [6.07, 6.45) is 0.902. The number of imidazole rings is 1. The monoisotopic (exact) mass is 370 g/mol. The van der Waals surface area contributed by atoms with Gasteiger partial charge in [0.25, 0.3) is 0 Å². The van der Waals surface area contributed by atoms with Crippen molar-refractivity contribution in [2.45, 2.75) is 24.8 Å². The predicted molar refractivity (Wildman–Crippen MR) is 97.9 cm³/mol. The summed E-state index contributed by atoms with van der Waals surface area (Å²) >= 11 is 0. The molecular weight excluding hydrogens is 352 g/mol. The van der Waals surface area contributed by atoms with Crippen LogP contribution < -0.4 is 9.88 Å². The van der Waals surface area contributed by atoms with Crippen LogP contribution in [0.3, 0.4) is 0 Å². The average Bonchev–Trinajstić information content (AvgIpc) is 2.98. The van der Waals surface area contributed by atoms with E-state index in [1.54, 1.807) is 18.2 Å². The quantitative estimate of drug-likeness (QED) is 0.717. The Bertz CT molecular complexity index is 1080. The lowest BCUT2D eigenvalue weighted by molar-refractivity contribution is 0.368. The molecule has 0 aliphatic carbocycles. The van der Waals surface area contributed by atoms with Crippen LogP contribution in [0.5, 0.6) is 5.75 Å². The molecule has 0 atom stereocenters. The standard InChI is InChI=1S/C18H18N4O3S/c1-2-10-22-17-8-7-15(26(20,23)24)12-16(17)21-18(22)13-3-5-14(6-4-13)25-11-9-19/h3-8,12H,2,10-11H2,1H3,(H2,20,23,24). The number of rotatable bonds is 6. The highest BCUT2D eigenvalue weighted by Crippen LogP contribution is 2.28. The van der Waals surface area contributed by atoms with Gasteiger partial charge in [-0.2, -0.15) is 5.26 Å². The fraction of sp³-hybridized carbons (Fsp3) is 0.222. The molecule has 8 heteroatoms. The van der Waals surface area contributed by atoms with Crippen molar-refractivity contribution in [3.05, 3.63) is 42.5 Å². The van der Waals surface area contributed by atoms with Gasteiger partial charge >= 0.3 is 0 Å². The van der Waals surface area contributed by atoms with Gasteiger partial charge in [-0.15, -0.1) is 0 Å². The lowest BCUT2D eigenvalue weighted by Crippen LogP contribution is -2.11. The van der Waals surface area contributed by atoms with E-state index in [-0.39, 0.29) is 11.5 Å². The third-order valence-corrected chi connectivity index (χ3v) is 4.82. The summed E-state index contributed by atoms with van der Waals surface area (Å²) < 4.78 is 30.5. The Kier molecular flexibility index (Phi) is 4.93. The largest absolute Gasteiger partial charge is 0.479 e. The number of ether oxygens (including phenoxy) is 1. The van der Waals surface area contributed by atoms with Crippen LogP contribution in [0.2, 0.25) is 0 Å². The van der Waals surface area contributed by atoms with Gasteiger partial charge in [0, 0.05) is 12.1 Å². The topological polar surface area (TPSA) is 111 Å². The molecule has 134 valence electrons. The van der Waals surface area contributed by atoms with Crippen LogP contribution in [0.4, 0.5) is 0 Å². The molecule has 0 fully saturated rings. The predicted octanol–water partition coefficient (Wildman–Crippen LogP) is 2.66. The van der Waals surface area contributed by atoms with E-state index in [0.29, 0.717) is 11.3 Å². The Hall–Kier alpha value is -2.89. The summed E-state index contributed by atoms with van der Waals surface area (Å²) in [5, 5.41) is 13.8. The molecule has 7 nitrogen and oxygen atoms in total. The van der Waals surface area contributed by atoms with E-state index in [0.717, 1.165) is 29.9 Å². The second kappa shape index (κ2) is 7.15. The maximum Gasteiger partial charge on any atom is 0.238 e. The van der Waals surface area contributed by atoms with Gasteiger partial charge in [0.1, 0.15) is 17.6 Å².